The van der Waals surface area contributed by atoms with Crippen LogP contribution in [0.3, 0.4) is 0 Å². The molecule has 1 aromatic heterocycles. The van der Waals surface area contributed by atoms with E-state index in [0.717, 1.165) is 23.8 Å². The van der Waals surface area contributed by atoms with Gasteiger partial charge in [-0.3, -0.25) is 9.69 Å². The van der Waals surface area contributed by atoms with Gasteiger partial charge in [0.05, 0.1) is 0 Å². The van der Waals surface area contributed by atoms with Crippen LogP contribution in [0.4, 0.5) is 4.79 Å². The summed E-state index contributed by atoms with van der Waals surface area (Å²) in [4.78, 5) is 40.0. The van der Waals surface area contributed by atoms with Crippen molar-refractivity contribution in [2.24, 2.45) is 4.99 Å². The first-order valence-corrected chi connectivity index (χ1v) is 8.59. The monoisotopic (exact) mass is 426 g/mol. The van der Waals surface area contributed by atoms with E-state index in [1.54, 1.807) is 25.6 Å². The number of aromatic amines is 1. The van der Waals surface area contributed by atoms with Crippen LogP contribution in [0.2, 0.25) is 0 Å². The van der Waals surface area contributed by atoms with Gasteiger partial charge in [-0.2, -0.15) is 11.8 Å². The molecule has 0 aromatic carbocycles. The van der Waals surface area contributed by atoms with Crippen molar-refractivity contribution in [1.29, 1.82) is 0 Å². The fourth-order valence-corrected chi connectivity index (χ4v) is 2.86. The molecule has 1 fully saturated rings. The van der Waals surface area contributed by atoms with E-state index in [4.69, 9.17) is 0 Å². The average Bonchev–Trinajstić information content (AvgIpc) is 2.67. The van der Waals surface area contributed by atoms with E-state index in [1.165, 1.54) is 4.90 Å². The third kappa shape index (κ3) is 5.93. The average molecular weight is 426 g/mol. The molecule has 2 rings (SSSR count). The molecule has 0 aliphatic carbocycles. The molecule has 1 saturated heterocycles. The predicted octanol–water partition coefficient (Wildman–Crippen LogP) is 0.265. The van der Waals surface area contributed by atoms with Crippen molar-refractivity contribution in [3.63, 3.8) is 0 Å². The van der Waals surface area contributed by atoms with Crippen LogP contribution in [-0.2, 0) is 37.5 Å². The maximum atomic E-state index is 12.0. The number of carbonyl (C=O) groups excluding carboxylic acids is 2. The number of nitrogens with one attached hydrogen (secondary N) is 2. The van der Waals surface area contributed by atoms with E-state index in [9.17, 15) is 9.59 Å². The summed E-state index contributed by atoms with van der Waals surface area (Å²) in [5.41, 5.74) is -0.258. The molecule has 24 heavy (non-hydrogen) atoms. The minimum Gasteiger partial charge on any atom is -0.419 e. The molecule has 10 heteroatoms. The van der Waals surface area contributed by atoms with Gasteiger partial charge in [-0.25, -0.2) is 4.79 Å². The topological polar surface area (TPSA) is 103 Å². The number of hydrogen-bond acceptors (Lipinski definition) is 6. The molecule has 1 aliphatic heterocycles. The zero-order valence-electron chi connectivity index (χ0n) is 14.1. The number of H-pyrrole nitrogens is 1. The van der Waals surface area contributed by atoms with E-state index in [0.29, 0.717) is 18.7 Å². The van der Waals surface area contributed by atoms with Gasteiger partial charge in [-0.1, -0.05) is 6.92 Å². The smallest absolute Gasteiger partial charge is 0.325 e. The summed E-state index contributed by atoms with van der Waals surface area (Å²) in [5, 5.41) is 2.67. The number of urea groups is 1. The van der Waals surface area contributed by atoms with E-state index in [1.807, 2.05) is 6.92 Å². The van der Waals surface area contributed by atoms with E-state index in [-0.39, 0.29) is 44.6 Å². The Morgan fingerprint density at radius 1 is 1.29 bits per heavy atom. The van der Waals surface area contributed by atoms with Crippen LogP contribution in [0, 0.1) is 13.3 Å². The van der Waals surface area contributed by atoms with Crippen molar-refractivity contribution >= 4 is 23.7 Å². The second-order valence-electron chi connectivity index (χ2n) is 5.72. The number of rotatable bonds is 7. The molecule has 0 bridgehead atoms. The van der Waals surface area contributed by atoms with Gasteiger partial charge >= 0.3 is 6.03 Å². The molecule has 129 valence electrons. The summed E-state index contributed by atoms with van der Waals surface area (Å²) in [6.07, 6.45) is 3.30. The Labute approximate surface area is 170 Å². The molecular weight excluding hydrogens is 405 g/mol. The van der Waals surface area contributed by atoms with Gasteiger partial charge in [0.1, 0.15) is 11.2 Å². The maximum absolute atomic E-state index is 12.0. The van der Waals surface area contributed by atoms with Crippen LogP contribution < -0.4 is 10.9 Å². The first kappa shape index (κ1) is 21.2. The van der Waals surface area contributed by atoms with Crippen molar-refractivity contribution in [2.45, 2.75) is 32.7 Å². The van der Waals surface area contributed by atoms with Gasteiger partial charge in [0.15, 0.2) is 0 Å². The summed E-state index contributed by atoms with van der Waals surface area (Å²) in [6, 6.07) is -0.300. The summed E-state index contributed by atoms with van der Waals surface area (Å²) in [5.74, 6) is 2.28. The van der Waals surface area contributed by atoms with Crippen LogP contribution in [0.1, 0.15) is 26.1 Å². The Morgan fingerprint density at radius 3 is 2.67 bits per heavy atom. The number of aryl methyl sites for hydroxylation is 1. The summed E-state index contributed by atoms with van der Waals surface area (Å²) < 4.78 is 0. The molecule has 2 heterocycles. The van der Waals surface area contributed by atoms with Gasteiger partial charge in [0.25, 0.3) is 5.91 Å². The normalized spacial score (nSPS) is 17.0. The molecule has 0 saturated carbocycles. The molecule has 0 unspecified atom stereocenters. The van der Waals surface area contributed by atoms with Gasteiger partial charge in [-0.15, -0.1) is 0 Å². The number of carbonyl (C=O) groups is 2. The predicted molar refractivity (Wildman–Crippen MR) is 86.7 cm³/mol. The number of imide groups is 1. The Balaban J connectivity index is 0.00000288. The standard InChI is InChI=1S/C14H21N6O2S.Y/c1-10-16-9-17-12(18-10)15-5-8-23-7-4-6-20-11(21)14(2,3)19-13(20)22;/h4-8H2,1-3H3,(H,19,22)(H,15,16,17,18);/q-1;. The molecule has 3 amide bonds. The van der Waals surface area contributed by atoms with Gasteiger partial charge < -0.3 is 25.3 Å². The zero-order chi connectivity index (χ0) is 16.9. The van der Waals surface area contributed by atoms with Crippen molar-refractivity contribution in [1.82, 2.24) is 25.2 Å². The molecule has 8 nitrogen and oxygen atoms in total. The SMILES string of the molecule is Cc1n[c-]nc(=NCCSCCCN2C(=O)NC(C)(C)C2=O)[nH]1.[Y]. The quantitative estimate of drug-likeness (QED) is 0.370. The summed E-state index contributed by atoms with van der Waals surface area (Å²) in [7, 11) is 0. The number of thioether (sulfide) groups is 1. The number of nitrogens with zero attached hydrogens (tertiary/aromatic N) is 4. The molecule has 1 radical (unpaired) electrons. The van der Waals surface area contributed by atoms with Gasteiger partial charge in [-0.05, 0) is 31.8 Å². The Kier molecular flexibility index (Phi) is 8.52. The number of hydrogen-bond donors (Lipinski definition) is 2. The largest absolute Gasteiger partial charge is 0.419 e. The van der Waals surface area contributed by atoms with Crippen molar-refractivity contribution in [3.05, 3.63) is 17.8 Å². The molecule has 0 spiro atoms. The zero-order valence-corrected chi connectivity index (χ0v) is 17.8. The molecular formula is C14H21N6O2SY-. The Hall–Kier alpha value is -0.796. The third-order valence-electron chi connectivity index (χ3n) is 3.28. The van der Waals surface area contributed by atoms with E-state index < -0.39 is 5.54 Å². The first-order valence-electron chi connectivity index (χ1n) is 7.43. The van der Waals surface area contributed by atoms with Gasteiger partial charge in [0.2, 0.25) is 0 Å². The molecule has 0 atom stereocenters. The number of aromatic nitrogens is 3. The van der Waals surface area contributed by atoms with Crippen LogP contribution >= 0.6 is 11.8 Å². The fraction of sp³-hybridized carbons (Fsp3) is 0.643. The van der Waals surface area contributed by atoms with Crippen molar-refractivity contribution < 1.29 is 42.3 Å². The summed E-state index contributed by atoms with van der Waals surface area (Å²) >= 11 is 1.73. The Morgan fingerprint density at radius 2 is 2.04 bits per heavy atom. The van der Waals surface area contributed by atoms with E-state index in [2.05, 4.69) is 31.6 Å². The fourth-order valence-electron chi connectivity index (χ4n) is 2.10. The summed E-state index contributed by atoms with van der Waals surface area (Å²) in [6.45, 7) is 6.34. The first-order chi connectivity index (χ1) is 10.9. The number of amides is 3. The maximum Gasteiger partial charge on any atom is 0.325 e. The second kappa shape index (κ2) is 9.63. The van der Waals surface area contributed by atoms with Crippen molar-refractivity contribution in [3.8, 4) is 0 Å². The van der Waals surface area contributed by atoms with Crippen LogP contribution in [-0.4, -0.2) is 61.9 Å². The van der Waals surface area contributed by atoms with Gasteiger partial charge in [0, 0.05) is 57.9 Å². The second-order valence-corrected chi connectivity index (χ2v) is 6.94. The minimum atomic E-state index is -0.785. The minimum absolute atomic E-state index is 0. The molecule has 1 aliphatic rings. The van der Waals surface area contributed by atoms with Crippen molar-refractivity contribution in [2.75, 3.05) is 24.6 Å². The van der Waals surface area contributed by atoms with Crippen LogP contribution in [0.5, 0.6) is 0 Å². The Bertz CT molecular complexity index is 648. The third-order valence-corrected chi connectivity index (χ3v) is 4.33. The molecule has 2 N–H and O–H groups in total. The molecule has 1 aromatic rings. The van der Waals surface area contributed by atoms with E-state index >= 15 is 0 Å². The van der Waals surface area contributed by atoms with Crippen LogP contribution in [0.15, 0.2) is 4.99 Å². The van der Waals surface area contributed by atoms with Crippen LogP contribution in [0.25, 0.3) is 0 Å².